The van der Waals surface area contributed by atoms with E-state index in [1.165, 1.54) is 20.8 Å². The highest BCUT2D eigenvalue weighted by atomic mass is 16.8. The average molecular weight is 1820 g/mol. The van der Waals surface area contributed by atoms with Gasteiger partial charge in [-0.1, -0.05) is 53.2 Å². The maximum Gasteiger partial charge on any atom is 0.317 e. The fourth-order valence-electron chi connectivity index (χ4n) is 22.8. The highest BCUT2D eigenvalue weighted by Gasteiger charge is 2.74. The van der Waals surface area contributed by atoms with Crippen LogP contribution in [0.25, 0.3) is 0 Å². The number of esters is 2. The fourth-order valence-corrected chi connectivity index (χ4v) is 22.8. The van der Waals surface area contributed by atoms with Gasteiger partial charge in [-0.25, -0.2) is 0 Å². The summed E-state index contributed by atoms with van der Waals surface area (Å²) in [6, 6.07) is 0. The number of aliphatic hydroxyl groups is 22. The Kier molecular flexibility index (Phi) is 29.6. The van der Waals surface area contributed by atoms with Crippen LogP contribution in [0, 0.1) is 56.9 Å². The lowest BCUT2D eigenvalue weighted by molar-refractivity contribution is -0.404. The molecule has 44 heteroatoms. The number of aldehydes is 1. The number of aliphatic hydroxyl groups excluding tert-OH is 21. The molecule has 22 N–H and O–H groups in total. The number of ether oxygens (including phenoxy) is 19. The van der Waals surface area contributed by atoms with Gasteiger partial charge in [0.1, 0.15) is 177 Å². The smallest absolute Gasteiger partial charge is 0.317 e. The van der Waals surface area contributed by atoms with Gasteiger partial charge in [0.15, 0.2) is 62.5 Å². The zero-order valence-corrected chi connectivity index (χ0v) is 71.6. The van der Waals surface area contributed by atoms with Gasteiger partial charge in [0.05, 0.1) is 75.6 Å². The van der Waals surface area contributed by atoms with E-state index in [0.29, 0.717) is 38.5 Å². The second kappa shape index (κ2) is 37.8. The van der Waals surface area contributed by atoms with Crippen LogP contribution < -0.4 is 0 Å². The Morgan fingerprint density at radius 1 is 0.468 bits per heavy atom. The lowest BCUT2D eigenvalue weighted by Crippen LogP contribution is -2.69. The van der Waals surface area contributed by atoms with Crippen molar-refractivity contribution >= 4 is 18.2 Å². The van der Waals surface area contributed by atoms with Crippen molar-refractivity contribution in [2.75, 3.05) is 39.6 Å². The Balaban J connectivity index is 0.772. The first kappa shape index (κ1) is 98.8. The topological polar surface area (TPSA) is 672 Å². The molecule has 721 valence electrons. The summed E-state index contributed by atoms with van der Waals surface area (Å²) in [5.74, 6) is -3.54. The molecule has 44 nitrogen and oxygen atoms in total. The molecule has 0 aromatic carbocycles. The molecule has 9 saturated heterocycles. The predicted octanol–water partition coefficient (Wildman–Crippen LogP) is -8.39. The summed E-state index contributed by atoms with van der Waals surface area (Å²) in [7, 11) is 0. The van der Waals surface area contributed by atoms with Crippen LogP contribution in [0.4, 0.5) is 0 Å². The summed E-state index contributed by atoms with van der Waals surface area (Å²) in [6.07, 6.45) is -69.5. The summed E-state index contributed by atoms with van der Waals surface area (Å²) in [5.41, 5.74) is -7.49. The van der Waals surface area contributed by atoms with Crippen LogP contribution in [0.15, 0.2) is 11.6 Å². The molecule has 0 amide bonds. The van der Waals surface area contributed by atoms with Crippen molar-refractivity contribution in [2.45, 2.75) is 385 Å². The van der Waals surface area contributed by atoms with Crippen molar-refractivity contribution in [1.29, 1.82) is 0 Å². The molecule has 5 aliphatic carbocycles. The molecule has 21 unspecified atom stereocenters. The van der Waals surface area contributed by atoms with E-state index in [0.717, 1.165) is 25.4 Å². The second-order valence-electron chi connectivity index (χ2n) is 38.8. The normalized spacial score (nSPS) is 54.6. The van der Waals surface area contributed by atoms with Crippen molar-refractivity contribution in [3.63, 3.8) is 0 Å². The number of allylic oxidation sites excluding steroid dienone is 2. The summed E-state index contributed by atoms with van der Waals surface area (Å²) < 4.78 is 117. The second-order valence-corrected chi connectivity index (χ2v) is 38.8. The molecule has 9 heterocycles. The van der Waals surface area contributed by atoms with Gasteiger partial charge in [0.2, 0.25) is 6.29 Å². The number of rotatable bonds is 23. The largest absolute Gasteiger partial charge is 0.457 e. The standard InChI is InChI=1S/C82H129O44/c1-29-44(92)48(96)52(100)68(112-29)123-62-58(115-32(4)87)31(3)114-73(64(62)125-71-56(104)61(122-69-53(101)49(97)46(94)38(21-83)116-69)57(30(2)113-71)119-67-55(103)59(36(89)24-109-67)120-74-65(105)81(107,27-86)28-111-74)126-75(106)82-18-17-76(5,6)19-34(82)33-11-12-41-77(7)15-14-43(78(8,26-85)40(77)13-16-79(41,9)80(33,10)20-42(82)91)118-72-63(124-70-54(102)50(98)47(95)39(22-84)117-70)60(37(90)25-110-72)121-66-51(99)45(93)35(88)23-108-66/h11,25-26,29-31,34-74,83-84,86,88-105,107H,12-24,27-28H2,1-10H3/t29?,30?,31?,34?,35-,36+,37-,38?,39?,40+,41?,42?,43-,44-,45-,46?,47-,48+,49?,50-,51?,52?,53?,54?,55+,56-,57?,58+,59?,60-,61?,62?,63?,64+,65?,66-,67+,68-,69+,70-,71+,72-,73+,74+,77?,78+,79-,80+,81-,82+/m0/s1. The van der Waals surface area contributed by atoms with Crippen LogP contribution in [-0.4, -0.2) is 428 Å². The number of hydrogen-bond donors (Lipinski definition) is 22. The molecular weight excluding hydrogens is 1690 g/mol. The van der Waals surface area contributed by atoms with E-state index in [9.17, 15) is 122 Å². The zero-order valence-electron chi connectivity index (χ0n) is 71.6. The van der Waals surface area contributed by atoms with Gasteiger partial charge < -0.3 is 207 Å². The minimum Gasteiger partial charge on any atom is -0.457 e. The van der Waals surface area contributed by atoms with Crippen LogP contribution in [0.5, 0.6) is 0 Å². The predicted molar refractivity (Wildman–Crippen MR) is 408 cm³/mol. The first-order valence-electron chi connectivity index (χ1n) is 43.4. The molecule has 0 bridgehead atoms. The van der Waals surface area contributed by atoms with E-state index in [-0.39, 0.29) is 25.2 Å². The average Bonchev–Trinajstić information content (AvgIpc) is 0.781. The van der Waals surface area contributed by atoms with Crippen LogP contribution in [0.3, 0.4) is 0 Å². The third kappa shape index (κ3) is 17.5. The maximum absolute atomic E-state index is 16.6. The molecule has 0 aromatic heterocycles. The lowest BCUT2D eigenvalue weighted by Gasteiger charge is -2.71. The SMILES string of the molecule is CC(=O)O[C@@H]1C(C)O[C@H](OC(=O)[C@]23CCC(C)(C)CC2C2=CCC4C5(C)CC[C@H](O[C@@H]6O[CH][C@H](O)[C@H](O[C@@H]7OC[C@H](O)[C@H](O)C7O)C6O[C@@H]6OC(CO)[C@H](O)[C@H](O)C6O)[C@](C)(C=O)[C@@H]5CC[C@]4(C)[C@]2(C)CC3O)[C@H](O[C@H]2OC(C)C(O[C@H]3OC[C@@H](O)C(O[C@H]4OC[C@@](O)(CO)C4O)[C@H]3O)C(O[C@H]3OC(CO)C(O)C(O)C3O)[C@@H]2O)C1O[C@@H]1OC(C)[C@H](O)[C@@H](O)C1O. The number of carbonyl (C=O) groups excluding carboxylic acids is 3. The molecule has 0 aromatic rings. The Hall–Kier alpha value is -3.21. The molecule has 1 radical (unpaired) electrons. The van der Waals surface area contributed by atoms with Crippen LogP contribution >= 0.6 is 0 Å². The van der Waals surface area contributed by atoms with E-state index < -0.39 is 353 Å². The van der Waals surface area contributed by atoms with Gasteiger partial charge >= 0.3 is 11.9 Å². The van der Waals surface area contributed by atoms with Crippen molar-refractivity contribution in [2.24, 2.45) is 50.2 Å². The lowest BCUT2D eigenvalue weighted by atomic mass is 9.33. The van der Waals surface area contributed by atoms with Crippen LogP contribution in [-0.2, 0) is 104 Å². The number of fused-ring (bicyclic) bond motifs is 7. The monoisotopic (exact) mass is 1820 g/mol. The summed E-state index contributed by atoms with van der Waals surface area (Å²) >= 11 is 0. The van der Waals surface area contributed by atoms with Gasteiger partial charge in [-0.15, -0.1) is 0 Å². The Morgan fingerprint density at radius 3 is 1.59 bits per heavy atom. The Labute approximate surface area is 725 Å². The quantitative estimate of drug-likeness (QED) is 0.0195. The molecule has 13 fully saturated rings. The Morgan fingerprint density at radius 2 is 0.984 bits per heavy atom. The highest BCUT2D eigenvalue weighted by molar-refractivity contribution is 5.80. The molecule has 126 heavy (non-hydrogen) atoms. The molecule has 14 rings (SSSR count). The number of hydrogen-bond acceptors (Lipinski definition) is 44. The maximum atomic E-state index is 16.6. The summed E-state index contributed by atoms with van der Waals surface area (Å²) in [4.78, 5) is 44.4. The van der Waals surface area contributed by atoms with E-state index in [1.54, 1.807) is 6.92 Å². The third-order valence-corrected chi connectivity index (χ3v) is 30.6. The molecule has 4 saturated carbocycles. The van der Waals surface area contributed by atoms with Crippen LogP contribution in [0.2, 0.25) is 0 Å². The molecule has 50 atom stereocenters. The summed E-state index contributed by atoms with van der Waals surface area (Å²) in [5, 5.41) is 246. The van der Waals surface area contributed by atoms with E-state index >= 15 is 4.79 Å². The minimum absolute atomic E-state index is 0.00232. The fraction of sp³-hybridized carbons (Fsp3) is 0.927. The molecule has 9 aliphatic heterocycles. The van der Waals surface area contributed by atoms with Gasteiger partial charge in [0.25, 0.3) is 0 Å². The van der Waals surface area contributed by atoms with Gasteiger partial charge in [-0.05, 0) is 118 Å². The van der Waals surface area contributed by atoms with E-state index in [1.807, 2.05) is 13.8 Å². The van der Waals surface area contributed by atoms with Crippen molar-refractivity contribution in [3.8, 4) is 0 Å². The van der Waals surface area contributed by atoms with Crippen LogP contribution in [0.1, 0.15) is 127 Å². The first-order valence-corrected chi connectivity index (χ1v) is 43.4. The Bertz CT molecular complexity index is 3740. The van der Waals surface area contributed by atoms with Gasteiger partial charge in [0, 0.05) is 6.92 Å². The van der Waals surface area contributed by atoms with Crippen molar-refractivity contribution in [1.82, 2.24) is 0 Å². The van der Waals surface area contributed by atoms with E-state index in [4.69, 9.17) is 90.0 Å². The highest BCUT2D eigenvalue weighted by Crippen LogP contribution is 2.76. The van der Waals surface area contributed by atoms with Gasteiger partial charge in [-0.2, -0.15) is 0 Å². The van der Waals surface area contributed by atoms with E-state index in [2.05, 4.69) is 26.8 Å². The number of carbonyl (C=O) groups is 3. The molecular formula is C82H129O44. The van der Waals surface area contributed by atoms with Crippen molar-refractivity contribution in [3.05, 3.63) is 18.3 Å². The first-order chi connectivity index (χ1) is 59.2. The zero-order chi connectivity index (χ0) is 91.8. The molecule has 14 aliphatic rings. The summed E-state index contributed by atoms with van der Waals surface area (Å²) in [6.45, 7) is 13.6. The molecule has 0 spiro atoms. The minimum atomic E-state index is -2.34. The third-order valence-electron chi connectivity index (χ3n) is 30.6. The van der Waals surface area contributed by atoms with Gasteiger partial charge in [-0.3, -0.25) is 9.59 Å². The van der Waals surface area contributed by atoms with Crippen molar-refractivity contribution < 1.29 is 217 Å².